The molecule has 614 valence electrons. The van der Waals surface area contributed by atoms with E-state index in [-0.39, 0.29) is 73.6 Å². The molecule has 8 aromatic heterocycles. The molecule has 12 rings (SSSR count). The van der Waals surface area contributed by atoms with Crippen LogP contribution in [0.3, 0.4) is 0 Å². The van der Waals surface area contributed by atoms with E-state index in [1.54, 1.807) is 52.6 Å². The maximum atomic E-state index is 12.3. The molecule has 2 amide bonds. The first-order chi connectivity index (χ1) is 54.9. The molecule has 12 heterocycles. The number of nitrogens with two attached hydrogens (primary N) is 3. The van der Waals surface area contributed by atoms with E-state index in [2.05, 4.69) is 130 Å². The molecule has 0 bridgehead atoms. The van der Waals surface area contributed by atoms with Crippen molar-refractivity contribution in [3.8, 4) is 24.0 Å². The van der Waals surface area contributed by atoms with Gasteiger partial charge in [-0.15, -0.1) is 20.4 Å². The number of halogens is 1. The summed E-state index contributed by atoms with van der Waals surface area (Å²) in [5.74, 6) is 3.64. The van der Waals surface area contributed by atoms with Gasteiger partial charge in [-0.1, -0.05) is 53.4 Å². The summed E-state index contributed by atoms with van der Waals surface area (Å²) in [6.45, 7) is 34.3. The SMILES string of the molecule is CC(C)(C)OC(=O)N1CCC(N)CC1.CCC[C@H](C)Oc1nc(N)c2ncc(NC3CCNCC3)n2n1.CCC[C@H](C)Oc1nc(N)c2ncc(NC3CCNCC3)n2n1.[2H]N(C[B][B])c1nc(O[C@@H](C)CCC)nn2c(Br)cnc12.[2H]N(C[B][B])c1nc(O[C@@H](C)CCC)nn2c(NC3CCN(C(=O)OC(C)(C)C)CC3)cnc12. The molecule has 0 spiro atoms. The molecule has 6 radical (unpaired) electrons. The number of anilines is 7. The lowest BCUT2D eigenvalue weighted by Crippen LogP contribution is -2.44. The van der Waals surface area contributed by atoms with E-state index in [0.29, 0.717) is 93.5 Å². The summed E-state index contributed by atoms with van der Waals surface area (Å²) < 4.78 is 57.4. The number of piperidine rings is 4. The molecule has 4 aliphatic heterocycles. The van der Waals surface area contributed by atoms with Crippen molar-refractivity contribution in [1.29, 1.82) is 0 Å². The molecule has 113 heavy (non-hydrogen) atoms. The predicted octanol–water partition coefficient (Wildman–Crippen LogP) is 8.49. The minimum absolute atomic E-state index is 0.00264. The van der Waals surface area contributed by atoms with Crippen LogP contribution in [0.4, 0.5) is 50.3 Å². The largest absolute Gasteiger partial charge is 0.459 e. The Morgan fingerprint density at radius 1 is 0.513 bits per heavy atom. The van der Waals surface area contributed by atoms with Gasteiger partial charge in [0.05, 0.1) is 63.5 Å². The lowest BCUT2D eigenvalue weighted by molar-refractivity contribution is 0.0197. The number of imidazole rings is 4. The van der Waals surface area contributed by atoms with Gasteiger partial charge < -0.3 is 92.6 Å². The second-order valence-corrected chi connectivity index (χ2v) is 31.3. The van der Waals surface area contributed by atoms with Gasteiger partial charge in [-0.25, -0.2) is 29.5 Å². The molecular weight excluding hydrogens is 1510 g/mol. The highest BCUT2D eigenvalue weighted by molar-refractivity contribution is 9.10. The first-order valence-electron chi connectivity index (χ1n) is 40.7. The molecule has 4 atom stereocenters. The fraction of sp³-hybridized carbons (Fsp3) is 0.694. The van der Waals surface area contributed by atoms with E-state index < -0.39 is 11.2 Å². The number of carbonyl (C=O) groups is 2. The van der Waals surface area contributed by atoms with Crippen molar-refractivity contribution in [3.05, 3.63) is 29.4 Å². The average molecular weight is 1630 g/mol. The fourth-order valence-corrected chi connectivity index (χ4v) is 12.9. The highest BCUT2D eigenvalue weighted by atomic mass is 79.9. The zero-order valence-electron chi connectivity index (χ0n) is 70.4. The molecule has 4 saturated heterocycles. The quantitative estimate of drug-likeness (QED) is 0.0205. The lowest BCUT2D eigenvalue weighted by Gasteiger charge is -2.33. The van der Waals surface area contributed by atoms with Crippen molar-refractivity contribution >= 4 is 121 Å². The minimum atomic E-state index is -0.512. The number of amides is 2. The number of fused-ring (bicyclic) bond motifs is 4. The highest BCUT2D eigenvalue weighted by Gasteiger charge is 2.30. The Hall–Kier alpha value is -8.84. The van der Waals surface area contributed by atoms with Crippen molar-refractivity contribution in [2.75, 3.05) is 103 Å². The molecule has 0 aromatic carbocycles. The van der Waals surface area contributed by atoms with Crippen molar-refractivity contribution in [1.82, 2.24) is 98.8 Å². The Morgan fingerprint density at radius 3 is 1.18 bits per heavy atom. The lowest BCUT2D eigenvalue weighted by atomic mass is 9.56. The van der Waals surface area contributed by atoms with Gasteiger partial charge in [-0.2, -0.15) is 38.0 Å². The molecular formula is C72H119B4BrN28O8. The smallest absolute Gasteiger partial charge is 0.410 e. The van der Waals surface area contributed by atoms with Crippen LogP contribution >= 0.6 is 15.9 Å². The van der Waals surface area contributed by atoms with E-state index in [0.717, 1.165) is 164 Å². The number of ether oxygens (including phenoxy) is 6. The minimum Gasteiger partial charge on any atom is -0.459 e. The van der Waals surface area contributed by atoms with E-state index in [4.69, 9.17) is 63.9 Å². The highest BCUT2D eigenvalue weighted by Crippen LogP contribution is 2.28. The third-order valence-corrected chi connectivity index (χ3v) is 18.7. The third-order valence-electron chi connectivity index (χ3n) is 18.1. The van der Waals surface area contributed by atoms with E-state index in [9.17, 15) is 9.59 Å². The molecule has 0 unspecified atom stereocenters. The van der Waals surface area contributed by atoms with Crippen LogP contribution in [0.5, 0.6) is 24.0 Å². The Kier molecular flexibility index (Phi) is 33.8. The third kappa shape index (κ3) is 28.3. The number of nitrogens with zero attached hydrogens (tertiary/aromatic N) is 18. The zero-order valence-corrected chi connectivity index (χ0v) is 70.0. The number of carbonyl (C=O) groups excluding carboxylic acids is 2. The summed E-state index contributed by atoms with van der Waals surface area (Å²) in [6.07, 6.45) is 22.0. The molecule has 4 aliphatic rings. The normalized spacial score (nSPS) is 16.5. The van der Waals surface area contributed by atoms with Crippen molar-refractivity contribution in [2.45, 2.75) is 259 Å². The molecule has 4 fully saturated rings. The molecule has 0 aliphatic carbocycles. The molecule has 36 nitrogen and oxygen atoms in total. The summed E-state index contributed by atoms with van der Waals surface area (Å²) in [6, 6.07) is 2.18. The van der Waals surface area contributed by atoms with Gasteiger partial charge >= 0.3 is 36.2 Å². The summed E-state index contributed by atoms with van der Waals surface area (Å²) in [5, 5.41) is 37.2. The predicted molar refractivity (Wildman–Crippen MR) is 448 cm³/mol. The Labute approximate surface area is 679 Å². The van der Waals surface area contributed by atoms with Crippen LogP contribution in [0, 0.1) is 0 Å². The number of likely N-dealkylation sites (tertiary alicyclic amines) is 2. The van der Waals surface area contributed by atoms with Crippen LogP contribution in [0.15, 0.2) is 29.4 Å². The van der Waals surface area contributed by atoms with E-state index in [1.165, 1.54) is 14.3 Å². The second-order valence-electron chi connectivity index (χ2n) is 30.5. The number of rotatable bonds is 28. The Bertz CT molecular complexity index is 4170. The molecule has 41 heteroatoms. The van der Waals surface area contributed by atoms with Crippen LogP contribution in [0.25, 0.3) is 22.6 Å². The summed E-state index contributed by atoms with van der Waals surface area (Å²) in [7, 11) is 13.7. The van der Waals surface area contributed by atoms with Gasteiger partial charge in [0.25, 0.3) is 0 Å². The molecule has 8 aromatic rings. The standard InChI is InChI=1S/C21H34B2N7O3.2C15H25N7O.C11H15B2BrN5O.C10H20N2O2/c1-6-7-14(2)32-19-27-17(25-13-23-22)18-24-12-16(30(18)28-19)26-15-8-10-29(11-9-15)20(31)33-21(3,4)5;2*1-3-4-10(2)23-15-20-13(16)14-18-9-12(22(14)21-15)19-11-5-7-17-8-6-11;1-3-4-7(2)20-11-17-9(16-6-13-12)10-15-5-8(14)19(10)18-11;1-10(2,3)14-9(13)12-6-4-8(11)5-7-12/h12,14-15,26H,6-11,13H2,1-5H3,(H,25,27,28);2*9-11,17,19H,3-8H2,1-2H3,(H2,16,20,21);5,7H,3-4,6H2,1-2H3,(H,16,17,18);8H,4-7,11H2,1-3H3/t14-;2*10-;7-;/m0000./s1/i/hD2. The van der Waals surface area contributed by atoms with Gasteiger partial charge in [-0.05, 0) is 201 Å². The summed E-state index contributed by atoms with van der Waals surface area (Å²) in [4.78, 5) is 61.8. The van der Waals surface area contributed by atoms with E-state index >= 15 is 0 Å². The number of hydrogen-bond donors (Lipinski definition) is 10. The number of aromatic nitrogens is 16. The summed E-state index contributed by atoms with van der Waals surface area (Å²) in [5.41, 5.74) is 18.8. The van der Waals surface area contributed by atoms with Crippen LogP contribution in [-0.4, -0.2) is 255 Å². The Balaban J connectivity index is 0.000000184. The average Bonchev–Trinajstić information content (AvgIpc) is 1.66. The first kappa shape index (κ1) is 86.6. The first-order valence-corrected chi connectivity index (χ1v) is 40.6. The maximum absolute atomic E-state index is 12.3. The van der Waals surface area contributed by atoms with Gasteiger partial charge in [-0.3, -0.25) is 0 Å². The van der Waals surface area contributed by atoms with Crippen molar-refractivity contribution < 1.29 is 40.8 Å². The van der Waals surface area contributed by atoms with Gasteiger partial charge in [0, 0.05) is 65.8 Å². The van der Waals surface area contributed by atoms with Crippen molar-refractivity contribution in [3.63, 3.8) is 0 Å². The number of hydrogen-bond acceptors (Lipinski definition) is 30. The zero-order chi connectivity index (χ0) is 83.5. The van der Waals surface area contributed by atoms with Gasteiger partial charge in [0.15, 0.2) is 48.7 Å². The van der Waals surface area contributed by atoms with Crippen molar-refractivity contribution in [2.24, 2.45) is 5.73 Å². The monoisotopic (exact) mass is 1630 g/mol. The maximum Gasteiger partial charge on any atom is 0.410 e. The Morgan fingerprint density at radius 2 is 0.823 bits per heavy atom. The van der Waals surface area contributed by atoms with Crippen LogP contribution in [-0.2, 0) is 9.47 Å². The van der Waals surface area contributed by atoms with Gasteiger partial charge in [0.2, 0.25) is 0 Å². The topological polar surface area (TPSA) is 431 Å². The number of nitrogen functional groups attached to an aromatic ring is 2. The van der Waals surface area contributed by atoms with Gasteiger partial charge in [0.1, 0.15) is 33.3 Å². The number of nitrogens with one attached hydrogen (secondary N) is 7. The summed E-state index contributed by atoms with van der Waals surface area (Å²) >= 11 is 3.36. The molecule has 13 N–H and O–H groups in total. The van der Waals surface area contributed by atoms with E-state index in [1.807, 2.05) is 69.2 Å². The van der Waals surface area contributed by atoms with Crippen LogP contribution in [0.2, 0.25) is 2.82 Å². The van der Waals surface area contributed by atoms with Crippen LogP contribution in [0.1, 0.15) is 200 Å². The fourth-order valence-electron chi connectivity index (χ4n) is 12.5. The molecule has 0 saturated carbocycles. The van der Waals surface area contributed by atoms with Crippen LogP contribution < -0.4 is 73.4 Å². The second kappa shape index (κ2) is 44.2.